The highest BCUT2D eigenvalue weighted by Gasteiger charge is 2.50. The molecule has 2 aliphatic rings. The van der Waals surface area contributed by atoms with Crippen molar-refractivity contribution >= 4 is 0 Å². The van der Waals surface area contributed by atoms with Gasteiger partial charge in [-0.2, -0.15) is 0 Å². The Bertz CT molecular complexity index is 1290. The van der Waals surface area contributed by atoms with Crippen molar-refractivity contribution in [3.05, 3.63) is 129 Å². The maximum absolute atomic E-state index is 2.40. The van der Waals surface area contributed by atoms with E-state index in [1.54, 1.807) is 0 Å². The van der Waals surface area contributed by atoms with Crippen molar-refractivity contribution in [3.63, 3.8) is 0 Å². The van der Waals surface area contributed by atoms with Crippen LogP contribution in [-0.2, 0) is 24.9 Å². The topological polar surface area (TPSA) is 6.48 Å². The lowest BCUT2D eigenvalue weighted by Crippen LogP contribution is -2.36. The van der Waals surface area contributed by atoms with Crippen molar-refractivity contribution in [2.24, 2.45) is 0 Å². The molecular weight excluding hydrogens is 412 g/mol. The molecule has 0 saturated heterocycles. The summed E-state index contributed by atoms with van der Waals surface area (Å²) in [7, 11) is 8.68. The summed E-state index contributed by atoms with van der Waals surface area (Å²) in [5.41, 5.74) is 14.1. The van der Waals surface area contributed by atoms with Gasteiger partial charge in [0.1, 0.15) is 0 Å². The van der Waals surface area contributed by atoms with Crippen LogP contribution >= 0.6 is 0 Å². The summed E-state index contributed by atoms with van der Waals surface area (Å²) in [5.74, 6) is 0. The molecule has 1 spiro atoms. The van der Waals surface area contributed by atoms with Gasteiger partial charge in [-0.1, -0.05) is 84.9 Å². The van der Waals surface area contributed by atoms with E-state index in [9.17, 15) is 0 Å². The van der Waals surface area contributed by atoms with E-state index in [-0.39, 0.29) is 5.41 Å². The summed E-state index contributed by atoms with van der Waals surface area (Å²) in [6.45, 7) is 1.90. The third kappa shape index (κ3) is 2.95. The summed E-state index contributed by atoms with van der Waals surface area (Å²) < 4.78 is 0. The molecule has 2 nitrogen and oxygen atoms in total. The van der Waals surface area contributed by atoms with Crippen molar-refractivity contribution in [3.8, 4) is 11.1 Å². The Morgan fingerprint density at radius 3 is 1.38 bits per heavy atom. The Kier molecular flexibility index (Phi) is 4.98. The maximum atomic E-state index is 2.40. The molecule has 170 valence electrons. The molecule has 0 aliphatic heterocycles. The molecule has 0 radical (unpaired) electrons. The molecule has 6 rings (SSSR count). The lowest BCUT2D eigenvalue weighted by molar-refractivity contribution is 0.398. The van der Waals surface area contributed by atoms with E-state index in [0.29, 0.717) is 0 Å². The third-order valence-corrected chi connectivity index (χ3v) is 7.63. The van der Waals surface area contributed by atoms with Crippen molar-refractivity contribution in [1.29, 1.82) is 0 Å². The van der Waals surface area contributed by atoms with E-state index in [1.807, 2.05) is 0 Å². The fourth-order valence-electron chi connectivity index (χ4n) is 6.50. The van der Waals surface area contributed by atoms with Crippen LogP contribution in [0.2, 0.25) is 0 Å². The largest absolute Gasteiger partial charge is 0.305 e. The SMILES string of the molecule is CN(C)Cc1cccc2c1Cc1c(CN(C)C)cccc1C21c2ccccc2-c2ccccc21. The smallest absolute Gasteiger partial charge is 0.0719 e. The first-order chi connectivity index (χ1) is 16.5. The van der Waals surface area contributed by atoms with Crippen LogP contribution in [0.25, 0.3) is 11.1 Å². The van der Waals surface area contributed by atoms with Gasteiger partial charge in [-0.25, -0.2) is 0 Å². The number of nitrogens with zero attached hydrogens (tertiary/aromatic N) is 2. The van der Waals surface area contributed by atoms with E-state index >= 15 is 0 Å². The lowest BCUT2D eigenvalue weighted by atomic mass is 9.60. The second-order valence-electron chi connectivity index (χ2n) is 10.4. The van der Waals surface area contributed by atoms with Crippen molar-refractivity contribution in [1.82, 2.24) is 9.80 Å². The van der Waals surface area contributed by atoms with Crippen LogP contribution < -0.4 is 0 Å². The summed E-state index contributed by atoms with van der Waals surface area (Å²) >= 11 is 0. The number of hydrogen-bond donors (Lipinski definition) is 0. The zero-order chi connectivity index (χ0) is 23.4. The van der Waals surface area contributed by atoms with E-state index in [1.165, 1.54) is 55.6 Å². The average molecular weight is 445 g/mol. The highest BCUT2D eigenvalue weighted by Crippen LogP contribution is 2.59. The third-order valence-electron chi connectivity index (χ3n) is 7.63. The van der Waals surface area contributed by atoms with Crippen LogP contribution in [-0.4, -0.2) is 38.0 Å². The van der Waals surface area contributed by atoms with Crippen molar-refractivity contribution < 1.29 is 0 Å². The number of rotatable bonds is 4. The normalized spacial score (nSPS) is 14.8. The van der Waals surface area contributed by atoms with Gasteiger partial charge < -0.3 is 9.80 Å². The van der Waals surface area contributed by atoms with Gasteiger partial charge in [0.05, 0.1) is 5.41 Å². The number of hydrogen-bond acceptors (Lipinski definition) is 2. The second-order valence-corrected chi connectivity index (χ2v) is 10.4. The zero-order valence-corrected chi connectivity index (χ0v) is 20.6. The minimum Gasteiger partial charge on any atom is -0.305 e. The van der Waals surface area contributed by atoms with E-state index in [0.717, 1.165) is 19.5 Å². The molecule has 0 unspecified atom stereocenters. The summed E-state index contributed by atoms with van der Waals surface area (Å²) in [6.07, 6.45) is 0.991. The standard InChI is InChI=1S/C32H32N2/c1-33(2)20-22-11-9-17-30-26(22)19-27-23(21-34(3)4)12-10-18-31(27)32(30)28-15-7-5-13-24(28)25-14-6-8-16-29(25)32/h5-18H,19-21H2,1-4H3. The molecule has 0 amide bonds. The Balaban J connectivity index is 1.76. The maximum Gasteiger partial charge on any atom is 0.0719 e. The molecule has 0 N–H and O–H groups in total. The van der Waals surface area contributed by atoms with Crippen LogP contribution in [0.4, 0.5) is 0 Å². The van der Waals surface area contributed by atoms with E-state index < -0.39 is 0 Å². The van der Waals surface area contributed by atoms with Gasteiger partial charge in [-0.15, -0.1) is 0 Å². The van der Waals surface area contributed by atoms with Gasteiger partial charge in [0.2, 0.25) is 0 Å². The first-order valence-electron chi connectivity index (χ1n) is 12.2. The molecule has 0 aromatic heterocycles. The molecule has 34 heavy (non-hydrogen) atoms. The van der Waals surface area contributed by atoms with Gasteiger partial charge in [0, 0.05) is 13.1 Å². The fourth-order valence-corrected chi connectivity index (χ4v) is 6.50. The minimum atomic E-state index is -0.277. The predicted molar refractivity (Wildman–Crippen MR) is 141 cm³/mol. The molecule has 2 aliphatic carbocycles. The highest BCUT2D eigenvalue weighted by atomic mass is 15.1. The van der Waals surface area contributed by atoms with E-state index in [2.05, 4.69) is 123 Å². The molecule has 2 heteroatoms. The number of benzene rings is 4. The molecule has 0 fully saturated rings. The predicted octanol–water partition coefficient (Wildman–Crippen LogP) is 6.08. The van der Waals surface area contributed by atoms with E-state index in [4.69, 9.17) is 0 Å². The van der Waals surface area contributed by atoms with Crippen LogP contribution in [0.3, 0.4) is 0 Å². The molecule has 4 aromatic rings. The molecule has 4 aromatic carbocycles. The first-order valence-corrected chi connectivity index (χ1v) is 12.2. The lowest BCUT2D eigenvalue weighted by Gasteiger charge is -2.42. The summed E-state index contributed by atoms with van der Waals surface area (Å²) in [5, 5.41) is 0. The minimum absolute atomic E-state index is 0.277. The number of fused-ring (bicyclic) bond motifs is 9. The second kappa shape index (κ2) is 7.94. The van der Waals surface area contributed by atoms with Gasteiger partial charge in [-0.05, 0) is 90.2 Å². The van der Waals surface area contributed by atoms with Crippen LogP contribution in [0, 0.1) is 0 Å². The molecule has 0 atom stereocenters. The van der Waals surface area contributed by atoms with Gasteiger partial charge in [-0.3, -0.25) is 0 Å². The van der Waals surface area contributed by atoms with Crippen LogP contribution in [0.5, 0.6) is 0 Å². The Hall–Kier alpha value is -3.20. The quantitative estimate of drug-likeness (QED) is 0.325. The molecule has 0 bridgehead atoms. The van der Waals surface area contributed by atoms with Crippen LogP contribution in [0.15, 0.2) is 84.9 Å². The summed E-state index contributed by atoms with van der Waals surface area (Å²) in [4.78, 5) is 4.58. The molecule has 0 heterocycles. The fraction of sp³-hybridized carbons (Fsp3) is 0.250. The molecule has 0 saturated carbocycles. The van der Waals surface area contributed by atoms with Gasteiger partial charge in [0.15, 0.2) is 0 Å². The van der Waals surface area contributed by atoms with Gasteiger partial charge >= 0.3 is 0 Å². The zero-order valence-electron chi connectivity index (χ0n) is 20.6. The first kappa shape index (κ1) is 21.3. The van der Waals surface area contributed by atoms with Crippen molar-refractivity contribution in [2.75, 3.05) is 28.2 Å². The van der Waals surface area contributed by atoms with Crippen LogP contribution in [0.1, 0.15) is 44.5 Å². The Morgan fingerprint density at radius 2 is 0.941 bits per heavy atom. The monoisotopic (exact) mass is 444 g/mol. The Labute approximate surface area is 203 Å². The average Bonchev–Trinajstić information content (AvgIpc) is 3.11. The van der Waals surface area contributed by atoms with Crippen molar-refractivity contribution in [2.45, 2.75) is 24.9 Å². The summed E-state index contributed by atoms with van der Waals surface area (Å²) in [6, 6.07) is 32.2. The van der Waals surface area contributed by atoms with Gasteiger partial charge in [0.25, 0.3) is 0 Å². The molecular formula is C32H32N2. The highest BCUT2D eigenvalue weighted by molar-refractivity contribution is 5.88. The Morgan fingerprint density at radius 1 is 0.529 bits per heavy atom.